The van der Waals surface area contributed by atoms with Crippen LogP contribution in [0.5, 0.6) is 0 Å². The molecule has 4 heteroatoms. The van der Waals surface area contributed by atoms with E-state index in [9.17, 15) is 4.79 Å². The van der Waals surface area contributed by atoms with Crippen LogP contribution in [0.2, 0.25) is 0 Å². The van der Waals surface area contributed by atoms with E-state index >= 15 is 0 Å². The second kappa shape index (κ2) is 9.64. The van der Waals surface area contributed by atoms with E-state index < -0.39 is 6.10 Å². The number of carbonyl (C=O) groups excluding carboxylic acids is 1. The van der Waals surface area contributed by atoms with E-state index in [1.54, 1.807) is 6.92 Å². The predicted molar refractivity (Wildman–Crippen MR) is 50.3 cm³/mol. The van der Waals surface area contributed by atoms with Crippen LogP contribution in [0, 0.1) is 5.92 Å². The van der Waals surface area contributed by atoms with Crippen LogP contribution in [0.1, 0.15) is 27.2 Å². The molecule has 0 amide bonds. The van der Waals surface area contributed by atoms with Gasteiger partial charge in [-0.15, -0.1) is 0 Å². The van der Waals surface area contributed by atoms with Crippen molar-refractivity contribution in [3.63, 3.8) is 0 Å². The molecule has 0 rings (SSSR count). The van der Waals surface area contributed by atoms with E-state index in [1.165, 1.54) is 0 Å². The van der Waals surface area contributed by atoms with Crippen molar-refractivity contribution in [3.8, 4) is 0 Å². The van der Waals surface area contributed by atoms with Crippen LogP contribution in [-0.2, 0) is 4.79 Å². The highest BCUT2D eigenvalue weighted by Gasteiger charge is 1.95. The summed E-state index contributed by atoms with van der Waals surface area (Å²) < 4.78 is 0. The van der Waals surface area contributed by atoms with Gasteiger partial charge in [-0.05, 0) is 12.8 Å². The Morgan fingerprint density at radius 2 is 1.62 bits per heavy atom. The van der Waals surface area contributed by atoms with Crippen LogP contribution in [0.3, 0.4) is 0 Å². The summed E-state index contributed by atoms with van der Waals surface area (Å²) in [5, 5.41) is 24.0. The van der Waals surface area contributed by atoms with Crippen molar-refractivity contribution < 1.29 is 20.1 Å². The van der Waals surface area contributed by atoms with Gasteiger partial charge in [0, 0.05) is 6.42 Å². The lowest BCUT2D eigenvalue weighted by Gasteiger charge is -1.96. The van der Waals surface area contributed by atoms with Gasteiger partial charge in [0.15, 0.2) is 0 Å². The van der Waals surface area contributed by atoms with Crippen LogP contribution in [0.15, 0.2) is 0 Å². The van der Waals surface area contributed by atoms with Crippen molar-refractivity contribution in [2.75, 3.05) is 13.2 Å². The maximum absolute atomic E-state index is 10.3. The van der Waals surface area contributed by atoms with Crippen molar-refractivity contribution in [2.45, 2.75) is 33.3 Å². The summed E-state index contributed by atoms with van der Waals surface area (Å²) in [6.45, 7) is 4.98. The molecule has 0 unspecified atom stereocenters. The summed E-state index contributed by atoms with van der Waals surface area (Å²) in [6, 6.07) is 0. The number of ketones is 1. The first kappa shape index (κ1) is 15.0. The zero-order valence-electron chi connectivity index (χ0n) is 8.53. The minimum atomic E-state index is -0.954. The van der Waals surface area contributed by atoms with E-state index in [-0.39, 0.29) is 19.0 Å². The highest BCUT2D eigenvalue weighted by molar-refractivity contribution is 5.75. The monoisotopic (exact) mass is 192 g/mol. The van der Waals surface area contributed by atoms with Crippen LogP contribution in [0.25, 0.3) is 0 Å². The normalized spacial score (nSPS) is 9.85. The highest BCUT2D eigenvalue weighted by Crippen LogP contribution is 1.97. The molecule has 0 atom stereocenters. The highest BCUT2D eigenvalue weighted by atomic mass is 16.3. The number of hydrogen-bond acceptors (Lipinski definition) is 4. The molecular weight excluding hydrogens is 172 g/mol. The summed E-state index contributed by atoms with van der Waals surface area (Å²) in [4.78, 5) is 10.3. The molecule has 0 heterocycles. The lowest BCUT2D eigenvalue weighted by atomic mass is 10.1. The largest absolute Gasteiger partial charge is 0.394 e. The minimum absolute atomic E-state index is 0.287. The molecule has 0 aliphatic heterocycles. The van der Waals surface area contributed by atoms with Crippen molar-refractivity contribution in [1.82, 2.24) is 0 Å². The number of hydrogen-bond donors (Lipinski definition) is 3. The summed E-state index contributed by atoms with van der Waals surface area (Å²) in [5.74, 6) is 0.813. The number of rotatable bonds is 4. The lowest BCUT2D eigenvalue weighted by molar-refractivity contribution is -0.117. The second-order valence-corrected chi connectivity index (χ2v) is 3.32. The molecular formula is C9H20O4. The number of aliphatic hydroxyl groups is 3. The van der Waals surface area contributed by atoms with Gasteiger partial charge in [-0.3, -0.25) is 0 Å². The fourth-order valence-electron chi connectivity index (χ4n) is 0.633. The SMILES string of the molecule is CC(=O)CC(C)C.OCC(O)CO. The molecule has 0 aromatic rings. The smallest absolute Gasteiger partial charge is 0.130 e. The van der Waals surface area contributed by atoms with Gasteiger partial charge in [-0.1, -0.05) is 13.8 Å². The molecule has 0 saturated carbocycles. The number of carbonyl (C=O) groups is 1. The van der Waals surface area contributed by atoms with Crippen LogP contribution in [0.4, 0.5) is 0 Å². The molecule has 0 aromatic heterocycles. The third kappa shape index (κ3) is 18.5. The van der Waals surface area contributed by atoms with Gasteiger partial charge < -0.3 is 20.1 Å². The molecule has 0 bridgehead atoms. The predicted octanol–water partition coefficient (Wildman–Crippen LogP) is -0.0466. The second-order valence-electron chi connectivity index (χ2n) is 3.32. The van der Waals surface area contributed by atoms with E-state index in [0.29, 0.717) is 5.92 Å². The molecule has 80 valence electrons. The fourth-order valence-corrected chi connectivity index (χ4v) is 0.633. The number of Topliss-reactive ketones (excluding diaryl/α,β-unsaturated/α-hetero) is 1. The average molecular weight is 192 g/mol. The van der Waals surface area contributed by atoms with Gasteiger partial charge in [0.1, 0.15) is 11.9 Å². The first-order chi connectivity index (χ1) is 5.93. The van der Waals surface area contributed by atoms with Gasteiger partial charge in [-0.2, -0.15) is 0 Å². The van der Waals surface area contributed by atoms with Crippen LogP contribution in [-0.4, -0.2) is 40.4 Å². The molecule has 0 aliphatic rings. The minimum Gasteiger partial charge on any atom is -0.394 e. The summed E-state index contributed by atoms with van der Waals surface area (Å²) >= 11 is 0. The van der Waals surface area contributed by atoms with Crippen molar-refractivity contribution in [2.24, 2.45) is 5.92 Å². The quantitative estimate of drug-likeness (QED) is 0.583. The fraction of sp³-hybridized carbons (Fsp3) is 0.889. The molecule has 0 aromatic carbocycles. The van der Waals surface area contributed by atoms with Gasteiger partial charge >= 0.3 is 0 Å². The molecule has 0 fully saturated rings. The Balaban J connectivity index is 0. The Morgan fingerprint density at radius 1 is 1.23 bits per heavy atom. The van der Waals surface area contributed by atoms with Gasteiger partial charge in [0.25, 0.3) is 0 Å². The van der Waals surface area contributed by atoms with Crippen LogP contribution >= 0.6 is 0 Å². The third-order valence-electron chi connectivity index (χ3n) is 1.12. The number of aliphatic hydroxyl groups excluding tert-OH is 3. The first-order valence-corrected chi connectivity index (χ1v) is 4.33. The summed E-state index contributed by atoms with van der Waals surface area (Å²) in [5.41, 5.74) is 0. The third-order valence-corrected chi connectivity index (χ3v) is 1.12. The molecule has 4 nitrogen and oxygen atoms in total. The van der Waals surface area contributed by atoms with Crippen molar-refractivity contribution in [3.05, 3.63) is 0 Å². The first-order valence-electron chi connectivity index (χ1n) is 4.33. The zero-order valence-corrected chi connectivity index (χ0v) is 8.53. The van der Waals surface area contributed by atoms with E-state index in [1.807, 2.05) is 13.8 Å². The molecule has 0 aliphatic carbocycles. The summed E-state index contributed by atoms with van der Waals surface area (Å²) in [6.07, 6.45) is -0.231. The average Bonchev–Trinajstić information content (AvgIpc) is 2.01. The Labute approximate surface area is 79.2 Å². The Kier molecular flexibility index (Phi) is 11.2. The van der Waals surface area contributed by atoms with E-state index in [0.717, 1.165) is 6.42 Å². The zero-order chi connectivity index (χ0) is 10.9. The molecule has 13 heavy (non-hydrogen) atoms. The Bertz CT molecular complexity index is 119. The topological polar surface area (TPSA) is 77.8 Å². The van der Waals surface area contributed by atoms with Gasteiger partial charge in [-0.25, -0.2) is 0 Å². The standard InChI is InChI=1S/C6H12O.C3H8O3/c1-5(2)4-6(3)7;4-1-3(6)2-5/h5H,4H2,1-3H3;3-6H,1-2H2. The maximum Gasteiger partial charge on any atom is 0.130 e. The van der Waals surface area contributed by atoms with Gasteiger partial charge in [0.05, 0.1) is 13.2 Å². The van der Waals surface area contributed by atoms with Crippen molar-refractivity contribution in [1.29, 1.82) is 0 Å². The molecule has 0 spiro atoms. The molecule has 0 saturated heterocycles. The van der Waals surface area contributed by atoms with Crippen molar-refractivity contribution >= 4 is 5.78 Å². The summed E-state index contributed by atoms with van der Waals surface area (Å²) in [7, 11) is 0. The van der Waals surface area contributed by atoms with Crippen LogP contribution < -0.4 is 0 Å². The lowest BCUT2D eigenvalue weighted by Crippen LogP contribution is -2.15. The molecule has 0 radical (unpaired) electrons. The van der Waals surface area contributed by atoms with Gasteiger partial charge in [0.2, 0.25) is 0 Å². The molecule has 3 N–H and O–H groups in total. The Morgan fingerprint density at radius 3 is 1.62 bits per heavy atom. The van der Waals surface area contributed by atoms with E-state index in [2.05, 4.69) is 0 Å². The van der Waals surface area contributed by atoms with E-state index in [4.69, 9.17) is 15.3 Å². The maximum atomic E-state index is 10.3. The Hall–Kier alpha value is -0.450.